The monoisotopic (exact) mass is 414 g/mol. The first-order valence-electron chi connectivity index (χ1n) is 8.08. The molecular formula is C16H23BrN4S2. The molecule has 1 aliphatic heterocycles. The number of aromatic nitrogens is 3. The number of halogens is 1. The molecule has 0 radical (unpaired) electrons. The van der Waals surface area contributed by atoms with Crippen molar-refractivity contribution in [3.8, 4) is 5.13 Å². The van der Waals surface area contributed by atoms with Gasteiger partial charge in [-0.15, -0.1) is 11.8 Å². The average Bonchev–Trinajstić information content (AvgIpc) is 3.04. The predicted octanol–water partition coefficient (Wildman–Crippen LogP) is 5.14. The Balaban J connectivity index is 1.93. The summed E-state index contributed by atoms with van der Waals surface area (Å²) in [6, 6.07) is 0. The van der Waals surface area contributed by atoms with Crippen molar-refractivity contribution in [2.75, 3.05) is 18.0 Å². The van der Waals surface area contributed by atoms with Crippen molar-refractivity contribution in [3.63, 3.8) is 0 Å². The number of thioether (sulfide) groups is 1. The number of rotatable bonds is 4. The summed E-state index contributed by atoms with van der Waals surface area (Å²) in [5.41, 5.74) is 0.992. The van der Waals surface area contributed by atoms with Crippen molar-refractivity contribution in [2.24, 2.45) is 5.92 Å². The van der Waals surface area contributed by atoms with Crippen LogP contribution in [0.3, 0.4) is 0 Å². The summed E-state index contributed by atoms with van der Waals surface area (Å²) in [6.45, 7) is 11.0. The fraction of sp³-hybridized carbons (Fsp3) is 0.625. The third-order valence-corrected chi connectivity index (χ3v) is 7.04. The van der Waals surface area contributed by atoms with Gasteiger partial charge in [-0.1, -0.05) is 32.1 Å². The SMILES string of the molecule is Cc1nn(-c2nc(N3CCC(C)CC3)c(SC(C)C)s2)cc1Br. The predicted molar refractivity (Wildman–Crippen MR) is 103 cm³/mol. The van der Waals surface area contributed by atoms with Gasteiger partial charge in [-0.2, -0.15) is 10.1 Å². The van der Waals surface area contributed by atoms with Gasteiger partial charge in [-0.25, -0.2) is 4.68 Å². The minimum absolute atomic E-state index is 0.553. The van der Waals surface area contributed by atoms with Gasteiger partial charge in [0.15, 0.2) is 5.82 Å². The van der Waals surface area contributed by atoms with Gasteiger partial charge in [0.25, 0.3) is 0 Å². The van der Waals surface area contributed by atoms with E-state index in [2.05, 4.69) is 46.7 Å². The van der Waals surface area contributed by atoms with Crippen molar-refractivity contribution in [2.45, 2.75) is 50.0 Å². The second-order valence-corrected chi connectivity index (χ2v) is 10.1. The molecule has 0 bridgehead atoms. The summed E-state index contributed by atoms with van der Waals surface area (Å²) >= 11 is 7.19. The smallest absolute Gasteiger partial charge is 0.213 e. The van der Waals surface area contributed by atoms with Gasteiger partial charge in [0.05, 0.1) is 10.2 Å². The largest absolute Gasteiger partial charge is 0.355 e. The highest BCUT2D eigenvalue weighted by Gasteiger charge is 2.24. The van der Waals surface area contributed by atoms with E-state index in [1.807, 2.05) is 29.6 Å². The van der Waals surface area contributed by atoms with Crippen LogP contribution in [-0.4, -0.2) is 33.1 Å². The molecule has 2 aromatic rings. The van der Waals surface area contributed by atoms with Crippen LogP contribution in [0.4, 0.5) is 5.82 Å². The fourth-order valence-corrected chi connectivity index (χ4v) is 5.36. The zero-order chi connectivity index (χ0) is 16.6. The molecule has 0 atom stereocenters. The number of anilines is 1. The van der Waals surface area contributed by atoms with Gasteiger partial charge in [0.1, 0.15) is 4.21 Å². The lowest BCUT2D eigenvalue weighted by Crippen LogP contribution is -2.33. The van der Waals surface area contributed by atoms with Crippen molar-refractivity contribution in [3.05, 3.63) is 16.4 Å². The molecule has 0 unspecified atom stereocenters. The molecule has 1 saturated heterocycles. The van der Waals surface area contributed by atoms with Crippen LogP contribution >= 0.6 is 39.0 Å². The van der Waals surface area contributed by atoms with E-state index in [0.29, 0.717) is 5.25 Å². The number of thiazole rings is 1. The Morgan fingerprint density at radius 2 is 2.04 bits per heavy atom. The molecule has 0 N–H and O–H groups in total. The van der Waals surface area contributed by atoms with Crippen molar-refractivity contribution in [1.29, 1.82) is 0 Å². The maximum Gasteiger partial charge on any atom is 0.213 e. The molecule has 3 heterocycles. The summed E-state index contributed by atoms with van der Waals surface area (Å²) < 4.78 is 4.23. The van der Waals surface area contributed by atoms with Gasteiger partial charge in [-0.3, -0.25) is 0 Å². The van der Waals surface area contributed by atoms with Gasteiger partial charge < -0.3 is 4.90 Å². The molecule has 0 aliphatic carbocycles. The number of piperidine rings is 1. The van der Waals surface area contributed by atoms with E-state index in [-0.39, 0.29) is 0 Å². The average molecular weight is 415 g/mol. The molecule has 7 heteroatoms. The van der Waals surface area contributed by atoms with Crippen LogP contribution in [0.1, 0.15) is 39.3 Å². The fourth-order valence-electron chi connectivity index (χ4n) is 2.63. The van der Waals surface area contributed by atoms with Gasteiger partial charge in [0, 0.05) is 24.5 Å². The highest BCUT2D eigenvalue weighted by Crippen LogP contribution is 2.40. The van der Waals surface area contributed by atoms with Crippen LogP contribution in [0, 0.1) is 12.8 Å². The van der Waals surface area contributed by atoms with E-state index >= 15 is 0 Å². The number of hydrogen-bond donors (Lipinski definition) is 0. The maximum atomic E-state index is 4.94. The second-order valence-electron chi connectivity index (χ2n) is 6.45. The molecule has 3 rings (SSSR count). The quantitative estimate of drug-likeness (QED) is 0.648. The Bertz CT molecular complexity index is 652. The van der Waals surface area contributed by atoms with Crippen molar-refractivity contribution < 1.29 is 0 Å². The lowest BCUT2D eigenvalue weighted by molar-refractivity contribution is 0.436. The van der Waals surface area contributed by atoms with Crippen LogP contribution in [0.2, 0.25) is 0 Å². The first-order valence-corrected chi connectivity index (χ1v) is 10.6. The van der Waals surface area contributed by atoms with Gasteiger partial charge >= 0.3 is 0 Å². The Morgan fingerprint density at radius 3 is 2.61 bits per heavy atom. The van der Waals surface area contributed by atoms with Crippen LogP contribution in [0.15, 0.2) is 14.9 Å². The molecule has 0 aromatic carbocycles. The molecule has 126 valence electrons. The number of aryl methyl sites for hydroxylation is 1. The number of hydrogen-bond acceptors (Lipinski definition) is 5. The van der Waals surface area contributed by atoms with E-state index in [4.69, 9.17) is 4.98 Å². The zero-order valence-corrected chi connectivity index (χ0v) is 17.3. The summed E-state index contributed by atoms with van der Waals surface area (Å²) in [6.07, 6.45) is 4.51. The molecule has 0 amide bonds. The molecule has 0 spiro atoms. The third-order valence-electron chi connectivity index (χ3n) is 4.03. The van der Waals surface area contributed by atoms with Crippen molar-refractivity contribution in [1.82, 2.24) is 14.8 Å². The molecule has 0 saturated carbocycles. The number of nitrogens with zero attached hydrogens (tertiary/aromatic N) is 4. The Hall–Kier alpha value is -0.530. The van der Waals surface area contributed by atoms with Gasteiger partial charge in [-0.05, 0) is 41.6 Å². The maximum absolute atomic E-state index is 4.94. The second kappa shape index (κ2) is 7.15. The van der Waals surface area contributed by atoms with Crippen LogP contribution < -0.4 is 4.90 Å². The van der Waals surface area contributed by atoms with E-state index in [9.17, 15) is 0 Å². The van der Waals surface area contributed by atoms with Crippen LogP contribution in [-0.2, 0) is 0 Å². The molecule has 2 aromatic heterocycles. The van der Waals surface area contributed by atoms with E-state index in [0.717, 1.165) is 40.1 Å². The van der Waals surface area contributed by atoms with E-state index in [1.54, 1.807) is 11.3 Å². The first kappa shape index (κ1) is 17.3. The van der Waals surface area contributed by atoms with Crippen molar-refractivity contribution >= 4 is 44.8 Å². The van der Waals surface area contributed by atoms with E-state index in [1.165, 1.54) is 17.1 Å². The van der Waals surface area contributed by atoms with Gasteiger partial charge in [0.2, 0.25) is 5.13 Å². The normalized spacial score (nSPS) is 16.5. The Morgan fingerprint density at radius 1 is 1.35 bits per heavy atom. The standard InChI is InChI=1S/C16H23BrN4S2/c1-10(2)22-15-14(20-7-5-11(3)6-8-20)18-16(23-15)21-9-13(17)12(4)19-21/h9-11H,5-8H2,1-4H3. The Labute approximate surface area is 154 Å². The Kier molecular flexibility index (Phi) is 5.38. The zero-order valence-electron chi connectivity index (χ0n) is 14.0. The topological polar surface area (TPSA) is 34.0 Å². The highest BCUT2D eigenvalue weighted by atomic mass is 79.9. The summed E-state index contributed by atoms with van der Waals surface area (Å²) in [7, 11) is 0. The molecule has 23 heavy (non-hydrogen) atoms. The molecule has 1 fully saturated rings. The van der Waals surface area contributed by atoms with Crippen LogP contribution in [0.5, 0.6) is 0 Å². The highest BCUT2D eigenvalue weighted by molar-refractivity contribution is 9.10. The molecular weight excluding hydrogens is 392 g/mol. The minimum atomic E-state index is 0.553. The summed E-state index contributed by atoms with van der Waals surface area (Å²) in [5, 5.41) is 6.07. The minimum Gasteiger partial charge on any atom is -0.355 e. The lowest BCUT2D eigenvalue weighted by atomic mass is 9.99. The van der Waals surface area contributed by atoms with Crippen LogP contribution in [0.25, 0.3) is 5.13 Å². The molecule has 1 aliphatic rings. The summed E-state index contributed by atoms with van der Waals surface area (Å²) in [5.74, 6) is 1.98. The first-order chi connectivity index (χ1) is 10.9. The molecule has 4 nitrogen and oxygen atoms in total. The van der Waals surface area contributed by atoms with E-state index < -0.39 is 0 Å². The summed E-state index contributed by atoms with van der Waals surface area (Å²) in [4.78, 5) is 7.39. The third kappa shape index (κ3) is 3.94. The lowest BCUT2D eigenvalue weighted by Gasteiger charge is -2.31.